The molecule has 0 bridgehead atoms. The molecule has 0 atom stereocenters. The van der Waals surface area contributed by atoms with Crippen molar-refractivity contribution < 1.29 is 9.59 Å². The van der Waals surface area contributed by atoms with Gasteiger partial charge in [-0.15, -0.1) is 0 Å². The van der Waals surface area contributed by atoms with Gasteiger partial charge in [0.15, 0.2) is 5.17 Å². The first-order valence-electron chi connectivity index (χ1n) is 5.10. The molecule has 2 amide bonds. The minimum Gasteiger partial charge on any atom is -0.305 e. The van der Waals surface area contributed by atoms with Crippen LogP contribution in [-0.4, -0.2) is 17.0 Å². The minimum absolute atomic E-state index is 0.252. The summed E-state index contributed by atoms with van der Waals surface area (Å²) in [5.74, 6) is -0.609. The summed E-state index contributed by atoms with van der Waals surface area (Å²) < 4.78 is 0. The number of nitrogens with zero attached hydrogens (tertiary/aromatic N) is 1. The number of carbonyl (C=O) groups is 2. The lowest BCUT2D eigenvalue weighted by molar-refractivity contribution is -0.117. The molecule has 0 aliphatic carbocycles. The molecular weight excluding hydrogens is 272 g/mol. The Hall–Kier alpha value is -1.59. The first-order valence-corrected chi connectivity index (χ1v) is 6.30. The third kappa shape index (κ3) is 3.21. The Balaban J connectivity index is 2.17. The third-order valence-electron chi connectivity index (χ3n) is 2.05. The van der Waals surface area contributed by atoms with Crippen molar-refractivity contribution in [2.75, 3.05) is 0 Å². The Morgan fingerprint density at radius 1 is 1.50 bits per heavy atom. The number of hydrogen-bond acceptors (Lipinski definition) is 3. The van der Waals surface area contributed by atoms with Gasteiger partial charge in [0, 0.05) is 11.9 Å². The van der Waals surface area contributed by atoms with E-state index in [1.54, 1.807) is 24.3 Å². The van der Waals surface area contributed by atoms with E-state index >= 15 is 0 Å². The highest BCUT2D eigenvalue weighted by Crippen LogP contribution is 2.27. The predicted molar refractivity (Wildman–Crippen MR) is 73.3 cm³/mol. The van der Waals surface area contributed by atoms with E-state index in [4.69, 9.17) is 11.6 Å². The standard InChI is InChI=1S/C12H9ClN2O2S/c1-7(16)14-12-15-11(17)10(18-12)6-8-3-2-4-9(13)5-8/h2-6H,1H3,(H,14,15,16,17). The van der Waals surface area contributed by atoms with Gasteiger partial charge in [0.1, 0.15) is 0 Å². The molecular formula is C12H9ClN2O2S. The molecule has 92 valence electrons. The molecule has 2 rings (SSSR count). The van der Waals surface area contributed by atoms with Crippen LogP contribution in [0.5, 0.6) is 0 Å². The summed E-state index contributed by atoms with van der Waals surface area (Å²) >= 11 is 6.99. The number of hydrogen-bond donors (Lipinski definition) is 1. The van der Waals surface area contributed by atoms with Crippen LogP contribution in [0.4, 0.5) is 0 Å². The van der Waals surface area contributed by atoms with Crippen molar-refractivity contribution in [3.8, 4) is 0 Å². The lowest BCUT2D eigenvalue weighted by Gasteiger charge is -1.98. The second-order valence-corrected chi connectivity index (χ2v) is 5.04. The van der Waals surface area contributed by atoms with Crippen molar-refractivity contribution in [1.82, 2.24) is 5.32 Å². The van der Waals surface area contributed by atoms with Crippen LogP contribution in [0, 0.1) is 0 Å². The van der Waals surface area contributed by atoms with Gasteiger partial charge in [0.2, 0.25) is 5.91 Å². The molecule has 1 aliphatic heterocycles. The Bertz CT molecular complexity index is 581. The van der Waals surface area contributed by atoms with Gasteiger partial charge in [-0.3, -0.25) is 9.59 Å². The van der Waals surface area contributed by atoms with E-state index in [1.165, 1.54) is 6.92 Å². The Kier molecular flexibility index (Phi) is 3.84. The molecule has 18 heavy (non-hydrogen) atoms. The maximum Gasteiger partial charge on any atom is 0.286 e. The molecule has 0 radical (unpaired) electrons. The first kappa shape index (κ1) is 12.9. The maximum absolute atomic E-state index is 11.6. The van der Waals surface area contributed by atoms with Crippen LogP contribution >= 0.6 is 23.4 Å². The zero-order valence-corrected chi connectivity index (χ0v) is 11.0. The number of halogens is 1. The molecule has 1 heterocycles. The van der Waals surface area contributed by atoms with Gasteiger partial charge in [-0.2, -0.15) is 4.99 Å². The molecule has 4 nitrogen and oxygen atoms in total. The second-order valence-electron chi connectivity index (χ2n) is 3.57. The van der Waals surface area contributed by atoms with E-state index in [9.17, 15) is 9.59 Å². The van der Waals surface area contributed by atoms with Crippen molar-refractivity contribution in [2.24, 2.45) is 4.99 Å². The third-order valence-corrected chi connectivity index (χ3v) is 3.18. The fourth-order valence-electron chi connectivity index (χ4n) is 1.36. The zero-order chi connectivity index (χ0) is 13.1. The van der Waals surface area contributed by atoms with Gasteiger partial charge in [-0.05, 0) is 35.5 Å². The van der Waals surface area contributed by atoms with Crippen LogP contribution in [-0.2, 0) is 9.59 Å². The first-order chi connectivity index (χ1) is 8.54. The lowest BCUT2D eigenvalue weighted by Crippen LogP contribution is -2.23. The number of benzene rings is 1. The van der Waals surface area contributed by atoms with Gasteiger partial charge in [-0.1, -0.05) is 23.7 Å². The maximum atomic E-state index is 11.6. The smallest absolute Gasteiger partial charge is 0.286 e. The summed E-state index contributed by atoms with van der Waals surface area (Å²) in [6.07, 6.45) is 1.69. The molecule has 1 aromatic rings. The monoisotopic (exact) mass is 280 g/mol. The molecule has 0 aromatic heterocycles. The predicted octanol–water partition coefficient (Wildman–Crippen LogP) is 2.45. The molecule has 1 aliphatic rings. The number of carbonyl (C=O) groups excluding carboxylic acids is 2. The molecule has 0 unspecified atom stereocenters. The molecule has 0 saturated heterocycles. The number of amides is 2. The van der Waals surface area contributed by atoms with Gasteiger partial charge >= 0.3 is 0 Å². The lowest BCUT2D eigenvalue weighted by atomic mass is 10.2. The summed E-state index contributed by atoms with van der Waals surface area (Å²) in [5.41, 5.74) is 0.817. The van der Waals surface area contributed by atoms with Crippen molar-refractivity contribution in [2.45, 2.75) is 6.92 Å². The Morgan fingerprint density at radius 3 is 2.94 bits per heavy atom. The minimum atomic E-state index is -0.358. The van der Waals surface area contributed by atoms with Crippen LogP contribution in [0.1, 0.15) is 12.5 Å². The summed E-state index contributed by atoms with van der Waals surface area (Å²) in [6, 6.07) is 7.14. The Morgan fingerprint density at radius 2 is 2.28 bits per heavy atom. The van der Waals surface area contributed by atoms with Crippen molar-refractivity contribution in [3.05, 3.63) is 39.8 Å². The summed E-state index contributed by atoms with van der Waals surface area (Å²) in [6.45, 7) is 1.37. The fourth-order valence-corrected chi connectivity index (χ4v) is 2.42. The topological polar surface area (TPSA) is 58.5 Å². The quantitative estimate of drug-likeness (QED) is 0.804. The van der Waals surface area contributed by atoms with Gasteiger partial charge in [0.05, 0.1) is 4.91 Å². The fraction of sp³-hybridized carbons (Fsp3) is 0.0833. The highest BCUT2D eigenvalue weighted by atomic mass is 35.5. The molecule has 0 saturated carbocycles. The van der Waals surface area contributed by atoms with E-state index < -0.39 is 0 Å². The molecule has 1 N–H and O–H groups in total. The largest absolute Gasteiger partial charge is 0.305 e. The van der Waals surface area contributed by atoms with Gasteiger partial charge < -0.3 is 5.32 Å². The van der Waals surface area contributed by atoms with Crippen molar-refractivity contribution in [3.63, 3.8) is 0 Å². The molecule has 6 heteroatoms. The van der Waals surface area contributed by atoms with E-state index in [2.05, 4.69) is 10.3 Å². The number of thioether (sulfide) groups is 1. The molecule has 0 spiro atoms. The van der Waals surface area contributed by atoms with E-state index in [0.717, 1.165) is 17.3 Å². The average Bonchev–Trinajstić information content (AvgIpc) is 2.58. The van der Waals surface area contributed by atoms with E-state index in [-0.39, 0.29) is 11.8 Å². The SMILES string of the molecule is CC(=O)NC1=NC(=O)C(=Cc2cccc(Cl)c2)S1. The van der Waals surface area contributed by atoms with Gasteiger partial charge in [-0.25, -0.2) is 0 Å². The Labute approximate surface area is 113 Å². The van der Waals surface area contributed by atoms with Crippen molar-refractivity contribution in [1.29, 1.82) is 0 Å². The van der Waals surface area contributed by atoms with Crippen molar-refractivity contribution >= 4 is 46.4 Å². The van der Waals surface area contributed by atoms with E-state index in [0.29, 0.717) is 15.1 Å². The molecule has 0 fully saturated rings. The highest BCUT2D eigenvalue weighted by molar-refractivity contribution is 8.18. The zero-order valence-electron chi connectivity index (χ0n) is 9.44. The summed E-state index contributed by atoms with van der Waals surface area (Å²) in [4.78, 5) is 26.7. The van der Waals surface area contributed by atoms with Gasteiger partial charge in [0.25, 0.3) is 5.91 Å². The van der Waals surface area contributed by atoms with Crippen LogP contribution < -0.4 is 5.32 Å². The average molecular weight is 281 g/mol. The number of aliphatic imine (C=N–C) groups is 1. The number of amidine groups is 1. The second kappa shape index (κ2) is 5.37. The van der Waals surface area contributed by atoms with Crippen LogP contribution in [0.3, 0.4) is 0 Å². The van der Waals surface area contributed by atoms with Crippen LogP contribution in [0.2, 0.25) is 5.02 Å². The highest BCUT2D eigenvalue weighted by Gasteiger charge is 2.22. The number of rotatable bonds is 1. The normalized spacial score (nSPS) is 16.9. The summed E-state index contributed by atoms with van der Waals surface area (Å²) in [5, 5.41) is 3.39. The van der Waals surface area contributed by atoms with E-state index in [1.807, 2.05) is 6.07 Å². The van der Waals surface area contributed by atoms with Crippen LogP contribution in [0.15, 0.2) is 34.2 Å². The molecule has 1 aromatic carbocycles. The number of nitrogens with one attached hydrogen (secondary N) is 1. The summed E-state index contributed by atoms with van der Waals surface area (Å²) in [7, 11) is 0. The van der Waals surface area contributed by atoms with Crippen LogP contribution in [0.25, 0.3) is 6.08 Å².